The number of carbonyl (C=O) groups is 2. The van der Waals surface area contributed by atoms with Crippen molar-refractivity contribution in [2.45, 2.75) is 25.3 Å². The van der Waals surface area contributed by atoms with E-state index in [2.05, 4.69) is 5.32 Å². The highest BCUT2D eigenvalue weighted by Crippen LogP contribution is 2.29. The fraction of sp³-hybridized carbons (Fsp3) is 0.263. The molecule has 0 aliphatic heterocycles. The molecule has 4 nitrogen and oxygen atoms in total. The predicted molar refractivity (Wildman–Crippen MR) is 86.9 cm³/mol. The third-order valence-corrected chi connectivity index (χ3v) is 4.14. The standard InChI is InChI=1S/C19H17F2NO3/c20-14-8-13(9-15(21)10-14)19(24)25-11-18(23)22-17-7-3-5-12-4-1-2-6-16(12)17/h1-2,4,6,8-10,17H,3,5,7,11H2,(H,22,23)/t17-/m0/s1. The summed E-state index contributed by atoms with van der Waals surface area (Å²) in [5.41, 5.74) is 2.00. The Morgan fingerprint density at radius 2 is 1.84 bits per heavy atom. The Morgan fingerprint density at radius 1 is 1.12 bits per heavy atom. The van der Waals surface area contributed by atoms with Crippen LogP contribution in [0, 0.1) is 11.6 Å². The first-order chi connectivity index (χ1) is 12.0. The van der Waals surface area contributed by atoms with E-state index in [4.69, 9.17) is 4.74 Å². The first kappa shape index (κ1) is 17.1. The fourth-order valence-corrected chi connectivity index (χ4v) is 3.03. The van der Waals surface area contributed by atoms with Gasteiger partial charge in [0.25, 0.3) is 5.91 Å². The van der Waals surface area contributed by atoms with E-state index in [0.29, 0.717) is 6.07 Å². The molecular formula is C19H17F2NO3. The van der Waals surface area contributed by atoms with E-state index in [0.717, 1.165) is 37.0 Å². The van der Waals surface area contributed by atoms with Crippen LogP contribution >= 0.6 is 0 Å². The molecule has 0 radical (unpaired) electrons. The monoisotopic (exact) mass is 345 g/mol. The molecule has 1 N–H and O–H groups in total. The minimum Gasteiger partial charge on any atom is -0.452 e. The van der Waals surface area contributed by atoms with Crippen molar-refractivity contribution < 1.29 is 23.1 Å². The summed E-state index contributed by atoms with van der Waals surface area (Å²) in [7, 11) is 0. The summed E-state index contributed by atoms with van der Waals surface area (Å²) in [4.78, 5) is 23.9. The summed E-state index contributed by atoms with van der Waals surface area (Å²) >= 11 is 0. The highest BCUT2D eigenvalue weighted by Gasteiger charge is 2.22. The van der Waals surface area contributed by atoms with Crippen LogP contribution in [0.25, 0.3) is 0 Å². The Balaban J connectivity index is 1.58. The van der Waals surface area contributed by atoms with Crippen molar-refractivity contribution in [3.8, 4) is 0 Å². The maximum Gasteiger partial charge on any atom is 0.338 e. The van der Waals surface area contributed by atoms with Crippen molar-refractivity contribution in [2.75, 3.05) is 6.61 Å². The van der Waals surface area contributed by atoms with Gasteiger partial charge in [0.05, 0.1) is 11.6 Å². The molecule has 0 heterocycles. The number of hydrogen-bond donors (Lipinski definition) is 1. The zero-order valence-corrected chi connectivity index (χ0v) is 13.4. The van der Waals surface area contributed by atoms with Gasteiger partial charge < -0.3 is 10.1 Å². The molecule has 0 bridgehead atoms. The molecule has 1 aliphatic rings. The zero-order valence-electron chi connectivity index (χ0n) is 13.4. The van der Waals surface area contributed by atoms with Crippen LogP contribution in [0.3, 0.4) is 0 Å². The fourth-order valence-electron chi connectivity index (χ4n) is 3.03. The summed E-state index contributed by atoms with van der Waals surface area (Å²) in [5.74, 6) is -3.16. The first-order valence-electron chi connectivity index (χ1n) is 8.03. The van der Waals surface area contributed by atoms with Crippen molar-refractivity contribution in [3.63, 3.8) is 0 Å². The average Bonchev–Trinajstić information content (AvgIpc) is 2.59. The second-order valence-corrected chi connectivity index (χ2v) is 5.95. The molecule has 0 fully saturated rings. The Hall–Kier alpha value is -2.76. The van der Waals surface area contributed by atoms with Crippen molar-refractivity contribution in [1.29, 1.82) is 0 Å². The van der Waals surface area contributed by atoms with Gasteiger partial charge in [-0.15, -0.1) is 0 Å². The molecule has 1 amide bonds. The molecular weight excluding hydrogens is 328 g/mol. The molecule has 25 heavy (non-hydrogen) atoms. The molecule has 2 aromatic carbocycles. The Morgan fingerprint density at radius 3 is 2.60 bits per heavy atom. The summed E-state index contributed by atoms with van der Waals surface area (Å²) in [5, 5.41) is 2.84. The van der Waals surface area contributed by atoms with Crippen LogP contribution in [0.4, 0.5) is 8.78 Å². The van der Waals surface area contributed by atoms with E-state index in [1.54, 1.807) is 0 Å². The lowest BCUT2D eigenvalue weighted by molar-refractivity contribution is -0.125. The largest absolute Gasteiger partial charge is 0.452 e. The van der Waals surface area contributed by atoms with E-state index in [1.807, 2.05) is 24.3 Å². The molecule has 130 valence electrons. The number of nitrogens with one attached hydrogen (secondary N) is 1. The Bertz CT molecular complexity index is 787. The zero-order chi connectivity index (χ0) is 17.8. The number of ether oxygens (including phenoxy) is 1. The molecule has 0 spiro atoms. The highest BCUT2D eigenvalue weighted by atomic mass is 19.1. The molecule has 0 saturated heterocycles. The molecule has 3 rings (SSSR count). The number of esters is 1. The number of hydrogen-bond acceptors (Lipinski definition) is 3. The van der Waals surface area contributed by atoms with Crippen LogP contribution in [-0.4, -0.2) is 18.5 Å². The van der Waals surface area contributed by atoms with Crippen LogP contribution in [0.5, 0.6) is 0 Å². The van der Waals surface area contributed by atoms with Gasteiger partial charge in [0.15, 0.2) is 6.61 Å². The highest BCUT2D eigenvalue weighted by molar-refractivity contribution is 5.91. The minimum absolute atomic E-state index is 0.122. The number of rotatable bonds is 4. The quantitative estimate of drug-likeness (QED) is 0.865. The van der Waals surface area contributed by atoms with Gasteiger partial charge in [0, 0.05) is 6.07 Å². The molecule has 0 unspecified atom stereocenters. The third kappa shape index (κ3) is 4.21. The van der Waals surface area contributed by atoms with E-state index < -0.39 is 30.1 Å². The van der Waals surface area contributed by atoms with Crippen LogP contribution < -0.4 is 5.32 Å². The number of aryl methyl sites for hydroxylation is 1. The topological polar surface area (TPSA) is 55.4 Å². The lowest BCUT2D eigenvalue weighted by Crippen LogP contribution is -2.34. The van der Waals surface area contributed by atoms with Gasteiger partial charge in [-0.2, -0.15) is 0 Å². The molecule has 6 heteroatoms. The van der Waals surface area contributed by atoms with Crippen molar-refractivity contribution in [3.05, 3.63) is 70.8 Å². The van der Waals surface area contributed by atoms with Gasteiger partial charge in [-0.25, -0.2) is 13.6 Å². The predicted octanol–water partition coefficient (Wildman–Crippen LogP) is 3.32. The number of fused-ring (bicyclic) bond motifs is 1. The van der Waals surface area contributed by atoms with Gasteiger partial charge >= 0.3 is 5.97 Å². The molecule has 1 aliphatic carbocycles. The van der Waals surface area contributed by atoms with Gasteiger partial charge in [-0.1, -0.05) is 24.3 Å². The Labute approximate surface area is 143 Å². The summed E-state index contributed by atoms with van der Waals surface area (Å²) in [6.07, 6.45) is 2.75. The van der Waals surface area contributed by atoms with Crippen molar-refractivity contribution in [2.24, 2.45) is 0 Å². The van der Waals surface area contributed by atoms with Gasteiger partial charge in [0.1, 0.15) is 11.6 Å². The number of benzene rings is 2. The number of amides is 1. The maximum atomic E-state index is 13.1. The SMILES string of the molecule is O=C(COC(=O)c1cc(F)cc(F)c1)N[C@H]1CCCc2ccccc21. The smallest absolute Gasteiger partial charge is 0.338 e. The maximum absolute atomic E-state index is 13.1. The van der Waals surface area contributed by atoms with Crippen molar-refractivity contribution in [1.82, 2.24) is 5.32 Å². The van der Waals surface area contributed by atoms with Gasteiger partial charge in [-0.05, 0) is 42.5 Å². The summed E-state index contributed by atoms with van der Waals surface area (Å²) in [6, 6.07) is 10.1. The lowest BCUT2D eigenvalue weighted by Gasteiger charge is -2.26. The second-order valence-electron chi connectivity index (χ2n) is 5.95. The van der Waals surface area contributed by atoms with E-state index in [1.165, 1.54) is 5.56 Å². The third-order valence-electron chi connectivity index (χ3n) is 4.14. The first-order valence-corrected chi connectivity index (χ1v) is 8.03. The van der Waals surface area contributed by atoms with Crippen molar-refractivity contribution >= 4 is 11.9 Å². The van der Waals surface area contributed by atoms with Crippen LogP contribution in [-0.2, 0) is 16.0 Å². The molecule has 0 aromatic heterocycles. The minimum atomic E-state index is -0.947. The van der Waals surface area contributed by atoms with E-state index in [9.17, 15) is 18.4 Å². The molecule has 2 aromatic rings. The van der Waals surface area contributed by atoms with E-state index >= 15 is 0 Å². The molecule has 0 saturated carbocycles. The summed E-state index contributed by atoms with van der Waals surface area (Å²) in [6.45, 7) is -0.504. The second kappa shape index (κ2) is 7.42. The van der Waals surface area contributed by atoms with Gasteiger partial charge in [-0.3, -0.25) is 4.79 Å². The Kier molecular flexibility index (Phi) is 5.07. The number of halogens is 2. The molecule has 1 atom stereocenters. The lowest BCUT2D eigenvalue weighted by atomic mass is 9.88. The average molecular weight is 345 g/mol. The van der Waals surface area contributed by atoms with Gasteiger partial charge in [0.2, 0.25) is 0 Å². The normalized spacial score (nSPS) is 16.0. The van der Waals surface area contributed by atoms with Crippen LogP contribution in [0.2, 0.25) is 0 Å². The van der Waals surface area contributed by atoms with Crippen LogP contribution in [0.15, 0.2) is 42.5 Å². The number of carbonyl (C=O) groups excluding carboxylic acids is 2. The summed E-state index contributed by atoms with van der Waals surface area (Å²) < 4.78 is 31.1. The van der Waals surface area contributed by atoms with E-state index in [-0.39, 0.29) is 11.6 Å². The van der Waals surface area contributed by atoms with Crippen LogP contribution in [0.1, 0.15) is 40.4 Å².